The minimum atomic E-state index is -2.31. The van der Waals surface area contributed by atoms with Gasteiger partial charge in [0, 0.05) is 98.3 Å². The highest BCUT2D eigenvalue weighted by Crippen LogP contribution is 2.34. The third kappa shape index (κ3) is 9.00. The van der Waals surface area contributed by atoms with E-state index < -0.39 is 9.73 Å². The van der Waals surface area contributed by atoms with Gasteiger partial charge in [0.15, 0.2) is 0 Å². The van der Waals surface area contributed by atoms with Crippen LogP contribution in [0, 0.1) is 0 Å². The van der Waals surface area contributed by atoms with Gasteiger partial charge in [-0.1, -0.05) is 35.2 Å². The molecule has 0 saturated heterocycles. The number of pyridine rings is 2. The topological polar surface area (TPSA) is 138 Å². The van der Waals surface area contributed by atoms with Gasteiger partial charge in [0.05, 0.1) is 40.7 Å². The first-order valence-corrected chi connectivity index (χ1v) is 19.3. The number of phenols is 2. The lowest BCUT2D eigenvalue weighted by atomic mass is 10.0. The van der Waals surface area contributed by atoms with E-state index >= 15 is 0 Å². The summed E-state index contributed by atoms with van der Waals surface area (Å²) in [4.78, 5) is 8.78. The number of benzene rings is 4. The lowest BCUT2D eigenvalue weighted by Crippen LogP contribution is -2.22. The van der Waals surface area contributed by atoms with E-state index in [4.69, 9.17) is 9.47 Å². The monoisotopic (exact) mass is 769 g/mol. The molecule has 2 aromatic heterocycles. The minimum absolute atomic E-state index is 0.115. The van der Waals surface area contributed by atoms with E-state index in [2.05, 4.69) is 40.9 Å². The van der Waals surface area contributed by atoms with Crippen molar-refractivity contribution in [1.82, 2.24) is 9.97 Å². The number of nitrogens with one attached hydrogen (secondary N) is 2. The summed E-state index contributed by atoms with van der Waals surface area (Å²) in [6, 6.07) is 25.4. The predicted molar refractivity (Wildman–Crippen MR) is 210 cm³/mol. The molecule has 1 fully saturated rings. The van der Waals surface area contributed by atoms with E-state index in [1.807, 2.05) is 60.7 Å². The summed E-state index contributed by atoms with van der Waals surface area (Å²) in [5.41, 5.74) is 5.59. The van der Waals surface area contributed by atoms with Crippen molar-refractivity contribution in [2.45, 2.75) is 37.4 Å². The van der Waals surface area contributed by atoms with Crippen molar-refractivity contribution in [2.24, 2.45) is 4.36 Å². The number of anilines is 4. The Labute approximate surface area is 306 Å². The molecule has 12 heteroatoms. The van der Waals surface area contributed by atoms with E-state index in [1.165, 1.54) is 6.42 Å². The summed E-state index contributed by atoms with van der Waals surface area (Å²) in [6.45, 7) is 0. The van der Waals surface area contributed by atoms with Gasteiger partial charge < -0.3 is 30.3 Å². The maximum absolute atomic E-state index is 13.3. The standard InChI is InChI=1S/C23H27N3O3S.C16H13BrN2O2/c1-29-19-13-17(12-18(27)15-19)25-23-10-11-24-22-9-8-16(14-21(22)23)26-30(2,28)20-6-4-3-5-7-20;1-21-13-8-11(7-12(20)9-13)19-16-4-5-18-15-3-2-10(17)6-14(15)16/h8-15,20,27H,3-7H2,1-2H3,(H,24,25);2-9,20H,1H3,(H,18,19). The maximum atomic E-state index is 13.3. The van der Waals surface area contributed by atoms with Crippen molar-refractivity contribution in [2.75, 3.05) is 31.1 Å². The summed E-state index contributed by atoms with van der Waals surface area (Å²) >= 11 is 3.47. The number of halogens is 1. The Hall–Kier alpha value is -5.07. The highest BCUT2D eigenvalue weighted by Gasteiger charge is 2.22. The first-order chi connectivity index (χ1) is 24.6. The number of hydrogen-bond acceptors (Lipinski definition) is 10. The molecule has 1 unspecified atom stereocenters. The number of nitrogens with zero attached hydrogens (tertiary/aromatic N) is 3. The highest BCUT2D eigenvalue weighted by atomic mass is 79.9. The molecule has 1 atom stereocenters. The molecule has 51 heavy (non-hydrogen) atoms. The first kappa shape index (κ1) is 35.7. The van der Waals surface area contributed by atoms with Crippen LogP contribution in [0.5, 0.6) is 23.0 Å². The van der Waals surface area contributed by atoms with E-state index in [0.717, 1.165) is 69.0 Å². The fourth-order valence-corrected chi connectivity index (χ4v) is 8.42. The molecule has 264 valence electrons. The zero-order chi connectivity index (χ0) is 36.0. The molecule has 1 saturated carbocycles. The summed E-state index contributed by atoms with van der Waals surface area (Å²) in [5, 5.41) is 28.3. The SMILES string of the molecule is COc1cc(O)cc(Nc2ccnc3ccc(Br)cc23)c1.COc1cc(O)cc(Nc2ccnc3ccc(N=S(C)(=O)C4CCCCC4)cc23)c1. The number of aromatic nitrogens is 2. The molecule has 1 aliphatic carbocycles. The molecular formula is C39H40BrN5O5S. The minimum Gasteiger partial charge on any atom is -0.508 e. The van der Waals surface area contributed by atoms with E-state index in [9.17, 15) is 14.4 Å². The van der Waals surface area contributed by atoms with E-state index in [1.54, 1.807) is 57.1 Å². The lowest BCUT2D eigenvalue weighted by Gasteiger charge is -2.22. The predicted octanol–water partition coefficient (Wildman–Crippen LogP) is 10.2. The Bertz CT molecular complexity index is 2300. The van der Waals surface area contributed by atoms with Crippen LogP contribution in [-0.4, -0.2) is 50.1 Å². The van der Waals surface area contributed by atoms with Crippen LogP contribution in [0.4, 0.5) is 28.4 Å². The number of fused-ring (bicyclic) bond motifs is 2. The normalized spacial score (nSPS) is 14.2. The number of hydrogen-bond donors (Lipinski definition) is 4. The van der Waals surface area contributed by atoms with Crippen LogP contribution in [0.2, 0.25) is 0 Å². The number of rotatable bonds is 8. The number of phenolic OH excluding ortho intramolecular Hbond substituents is 2. The molecular weight excluding hydrogens is 730 g/mol. The van der Waals surface area contributed by atoms with Crippen molar-refractivity contribution in [3.8, 4) is 23.0 Å². The van der Waals surface area contributed by atoms with Crippen molar-refractivity contribution < 1.29 is 23.9 Å². The lowest BCUT2D eigenvalue weighted by molar-refractivity contribution is 0.407. The number of methoxy groups -OCH3 is 2. The van der Waals surface area contributed by atoms with Crippen LogP contribution in [0.1, 0.15) is 32.1 Å². The average Bonchev–Trinajstić information content (AvgIpc) is 3.12. The molecule has 0 aliphatic heterocycles. The molecule has 4 aromatic carbocycles. The largest absolute Gasteiger partial charge is 0.508 e. The molecule has 1 aliphatic rings. The van der Waals surface area contributed by atoms with Gasteiger partial charge in [0.25, 0.3) is 0 Å². The van der Waals surface area contributed by atoms with Crippen molar-refractivity contribution in [3.63, 3.8) is 0 Å². The Morgan fingerprint density at radius 1 is 0.725 bits per heavy atom. The van der Waals surface area contributed by atoms with Crippen LogP contribution in [0.25, 0.3) is 21.8 Å². The third-order valence-electron chi connectivity index (χ3n) is 8.70. The Kier molecular flexibility index (Phi) is 11.1. The van der Waals surface area contributed by atoms with Crippen LogP contribution < -0.4 is 20.1 Å². The molecule has 10 nitrogen and oxygen atoms in total. The molecule has 0 spiro atoms. The Balaban J connectivity index is 0.000000187. The second kappa shape index (κ2) is 15.9. The fourth-order valence-electron chi connectivity index (χ4n) is 6.17. The second-order valence-corrected chi connectivity index (χ2v) is 15.9. The smallest absolute Gasteiger partial charge is 0.124 e. The molecule has 2 heterocycles. The molecule has 7 rings (SSSR count). The van der Waals surface area contributed by atoms with Gasteiger partial charge in [0.2, 0.25) is 0 Å². The van der Waals surface area contributed by atoms with Crippen LogP contribution >= 0.6 is 15.9 Å². The van der Waals surface area contributed by atoms with Gasteiger partial charge in [-0.05, 0) is 61.4 Å². The van der Waals surface area contributed by atoms with Crippen molar-refractivity contribution in [1.29, 1.82) is 0 Å². The number of aromatic hydroxyl groups is 2. The zero-order valence-corrected chi connectivity index (χ0v) is 31.0. The van der Waals surface area contributed by atoms with Crippen LogP contribution in [0.3, 0.4) is 0 Å². The Morgan fingerprint density at radius 2 is 1.25 bits per heavy atom. The maximum Gasteiger partial charge on any atom is 0.124 e. The number of ether oxygens (including phenoxy) is 2. The average molecular weight is 771 g/mol. The summed E-state index contributed by atoms with van der Waals surface area (Å²) in [7, 11) is 0.818. The highest BCUT2D eigenvalue weighted by molar-refractivity contribution is 9.10. The molecule has 0 radical (unpaired) electrons. The molecule has 6 aromatic rings. The first-order valence-electron chi connectivity index (χ1n) is 16.5. The zero-order valence-electron chi connectivity index (χ0n) is 28.6. The summed E-state index contributed by atoms with van der Waals surface area (Å²) in [5.74, 6) is 1.42. The van der Waals surface area contributed by atoms with Gasteiger partial charge in [-0.25, -0.2) is 4.21 Å². The van der Waals surface area contributed by atoms with Crippen molar-refractivity contribution in [3.05, 3.63) is 102 Å². The van der Waals surface area contributed by atoms with Crippen molar-refractivity contribution >= 4 is 75.9 Å². The van der Waals surface area contributed by atoms with Gasteiger partial charge >= 0.3 is 0 Å². The summed E-state index contributed by atoms with van der Waals surface area (Å²) < 4.78 is 29.3. The summed E-state index contributed by atoms with van der Waals surface area (Å²) in [6.07, 6.45) is 10.7. The quantitative estimate of drug-likeness (QED) is 0.119. The molecule has 4 N–H and O–H groups in total. The molecule has 0 bridgehead atoms. The van der Waals surface area contributed by atoms with Gasteiger partial charge in [-0.2, -0.15) is 4.36 Å². The van der Waals surface area contributed by atoms with E-state index in [-0.39, 0.29) is 16.7 Å². The molecule has 0 amide bonds. The van der Waals surface area contributed by atoms with Gasteiger partial charge in [-0.3, -0.25) is 9.97 Å². The van der Waals surface area contributed by atoms with Gasteiger partial charge in [0.1, 0.15) is 23.0 Å². The van der Waals surface area contributed by atoms with Crippen LogP contribution in [0.15, 0.2) is 106 Å². The van der Waals surface area contributed by atoms with E-state index in [0.29, 0.717) is 22.9 Å². The van der Waals surface area contributed by atoms with Gasteiger partial charge in [-0.15, -0.1) is 0 Å². The fraction of sp³-hybridized carbons (Fsp3) is 0.231. The Morgan fingerprint density at radius 3 is 1.80 bits per heavy atom. The third-order valence-corrected chi connectivity index (χ3v) is 11.5. The van der Waals surface area contributed by atoms with Crippen LogP contribution in [-0.2, 0) is 9.73 Å². The second-order valence-electron chi connectivity index (χ2n) is 12.4.